The third kappa shape index (κ3) is 4.39. The predicted molar refractivity (Wildman–Crippen MR) is 89.3 cm³/mol. The number of hydrogen-bond donors (Lipinski definition) is 3. The number of benzene rings is 2. The number of aromatic hydroxyl groups is 1. The van der Waals surface area contributed by atoms with E-state index < -0.39 is 24.2 Å². The molecule has 2 rings (SSSR count). The van der Waals surface area contributed by atoms with E-state index in [9.17, 15) is 19.4 Å². The van der Waals surface area contributed by atoms with Crippen LogP contribution in [0.2, 0.25) is 0 Å². The van der Waals surface area contributed by atoms with E-state index in [2.05, 4.69) is 5.32 Å². The Morgan fingerprint density at radius 2 is 1.72 bits per heavy atom. The number of nitrogens with one attached hydrogen (secondary N) is 1. The van der Waals surface area contributed by atoms with Gasteiger partial charge in [0.2, 0.25) is 11.7 Å². The Bertz CT molecular complexity index is 708. The van der Waals surface area contributed by atoms with Crippen molar-refractivity contribution in [3.8, 4) is 17.2 Å². The molecule has 1 amide bonds. The molecule has 0 aromatic heterocycles. The number of halogens is 1. The number of amides is 1. The summed E-state index contributed by atoms with van der Waals surface area (Å²) in [6.45, 7) is -0.261. The molecule has 3 N–H and O–H groups in total. The molecule has 2 aromatic carbocycles. The Morgan fingerprint density at radius 3 is 2.20 bits per heavy atom. The molecule has 0 aliphatic rings. The normalized spacial score (nSPS) is 11.7. The van der Waals surface area contributed by atoms with Crippen molar-refractivity contribution in [2.24, 2.45) is 0 Å². The summed E-state index contributed by atoms with van der Waals surface area (Å²) in [5, 5.41) is 22.1. The lowest BCUT2D eigenvalue weighted by Gasteiger charge is -2.16. The number of phenolic OH excluding ortho intramolecular Hbond substituents is 1. The smallest absolute Gasteiger partial charge is 0.230 e. The zero-order valence-electron chi connectivity index (χ0n) is 14.0. The number of aliphatic hydroxyl groups excluding tert-OH is 1. The zero-order chi connectivity index (χ0) is 18.4. The van der Waals surface area contributed by atoms with Crippen LogP contribution < -0.4 is 14.8 Å². The van der Waals surface area contributed by atoms with Gasteiger partial charge >= 0.3 is 0 Å². The van der Waals surface area contributed by atoms with Crippen LogP contribution >= 0.6 is 0 Å². The van der Waals surface area contributed by atoms with Gasteiger partial charge in [0, 0.05) is 6.54 Å². The number of phenols is 1. The number of carbonyl (C=O) groups excluding carboxylic acids is 1. The Kier molecular flexibility index (Phi) is 6.19. The molecular weight excluding hydrogens is 329 g/mol. The fourth-order valence-corrected chi connectivity index (χ4v) is 2.40. The lowest BCUT2D eigenvalue weighted by Crippen LogP contribution is -2.30. The average molecular weight is 349 g/mol. The maximum absolute atomic E-state index is 13.0. The standard InChI is InChI=1S/C18H20FNO5/c1-24-15-7-11(8-16(25-2)17(15)22)9-20-18(23)14(10-21)12-3-5-13(19)6-4-12/h3-8,14,21-22H,9-10H2,1-2H3,(H,20,23). The van der Waals surface area contributed by atoms with Gasteiger partial charge in [0.15, 0.2) is 11.5 Å². The highest BCUT2D eigenvalue weighted by atomic mass is 19.1. The van der Waals surface area contributed by atoms with E-state index >= 15 is 0 Å². The first-order valence-corrected chi connectivity index (χ1v) is 7.58. The zero-order valence-corrected chi connectivity index (χ0v) is 14.0. The summed E-state index contributed by atoms with van der Waals surface area (Å²) < 4.78 is 23.1. The summed E-state index contributed by atoms with van der Waals surface area (Å²) in [5.74, 6) is -1.30. The third-order valence-electron chi connectivity index (χ3n) is 3.78. The molecule has 0 bridgehead atoms. The van der Waals surface area contributed by atoms with Crippen LogP contribution in [-0.2, 0) is 11.3 Å². The molecule has 0 heterocycles. The van der Waals surface area contributed by atoms with E-state index in [1.54, 1.807) is 12.1 Å². The van der Waals surface area contributed by atoms with E-state index in [0.717, 1.165) is 0 Å². The van der Waals surface area contributed by atoms with E-state index in [4.69, 9.17) is 9.47 Å². The van der Waals surface area contributed by atoms with Gasteiger partial charge in [-0.15, -0.1) is 0 Å². The minimum atomic E-state index is -0.804. The highest BCUT2D eigenvalue weighted by molar-refractivity contribution is 5.83. The fourth-order valence-electron chi connectivity index (χ4n) is 2.40. The van der Waals surface area contributed by atoms with E-state index in [1.165, 1.54) is 38.5 Å². The molecule has 0 aliphatic carbocycles. The summed E-state index contributed by atoms with van der Waals surface area (Å²) in [6, 6.07) is 8.54. The van der Waals surface area contributed by atoms with Crippen LogP contribution in [0.1, 0.15) is 17.0 Å². The van der Waals surface area contributed by atoms with Crippen molar-refractivity contribution < 1.29 is 28.9 Å². The van der Waals surface area contributed by atoms with Gasteiger partial charge in [-0.2, -0.15) is 0 Å². The molecule has 2 aromatic rings. The largest absolute Gasteiger partial charge is 0.502 e. The van der Waals surface area contributed by atoms with Crippen LogP contribution in [0, 0.1) is 5.82 Å². The first kappa shape index (κ1) is 18.5. The van der Waals surface area contributed by atoms with Gasteiger partial charge in [0.25, 0.3) is 0 Å². The molecule has 134 valence electrons. The molecule has 1 unspecified atom stereocenters. The SMILES string of the molecule is COc1cc(CNC(=O)C(CO)c2ccc(F)cc2)cc(OC)c1O. The second-order valence-electron chi connectivity index (χ2n) is 5.35. The van der Waals surface area contributed by atoms with Gasteiger partial charge in [0.1, 0.15) is 5.82 Å². The van der Waals surface area contributed by atoms with Crippen LogP contribution in [0.5, 0.6) is 17.2 Å². The molecule has 0 aliphatic heterocycles. The first-order chi connectivity index (χ1) is 12.0. The van der Waals surface area contributed by atoms with Crippen LogP contribution in [0.4, 0.5) is 4.39 Å². The van der Waals surface area contributed by atoms with Gasteiger partial charge in [-0.25, -0.2) is 4.39 Å². The Labute approximate surface area is 144 Å². The van der Waals surface area contributed by atoms with Gasteiger partial charge in [-0.3, -0.25) is 4.79 Å². The number of carbonyl (C=O) groups is 1. The van der Waals surface area contributed by atoms with Crippen LogP contribution in [0.15, 0.2) is 36.4 Å². The van der Waals surface area contributed by atoms with Gasteiger partial charge in [0.05, 0.1) is 26.7 Å². The maximum Gasteiger partial charge on any atom is 0.230 e. The predicted octanol–water partition coefficient (Wildman–Crippen LogP) is 1.94. The highest BCUT2D eigenvalue weighted by Gasteiger charge is 2.20. The number of rotatable bonds is 7. The summed E-state index contributed by atoms with van der Waals surface area (Å²) in [5.41, 5.74) is 1.16. The average Bonchev–Trinajstić information content (AvgIpc) is 2.63. The first-order valence-electron chi connectivity index (χ1n) is 7.58. The Balaban J connectivity index is 2.11. The van der Waals surface area contributed by atoms with Crippen LogP contribution in [0.3, 0.4) is 0 Å². The van der Waals surface area contributed by atoms with Crippen molar-refractivity contribution in [1.82, 2.24) is 5.32 Å². The van der Waals surface area contributed by atoms with Crippen molar-refractivity contribution >= 4 is 5.91 Å². The second-order valence-corrected chi connectivity index (χ2v) is 5.35. The van der Waals surface area contributed by atoms with E-state index in [0.29, 0.717) is 11.1 Å². The van der Waals surface area contributed by atoms with Crippen LogP contribution in [-0.4, -0.2) is 36.9 Å². The summed E-state index contributed by atoms with van der Waals surface area (Å²) in [6.07, 6.45) is 0. The number of aliphatic hydroxyl groups is 1. The molecular formula is C18H20FNO5. The molecule has 0 radical (unpaired) electrons. The number of hydrogen-bond acceptors (Lipinski definition) is 5. The molecule has 1 atom stereocenters. The lowest BCUT2D eigenvalue weighted by atomic mass is 9.99. The lowest BCUT2D eigenvalue weighted by molar-refractivity contribution is -0.123. The summed E-state index contributed by atoms with van der Waals surface area (Å²) >= 11 is 0. The monoisotopic (exact) mass is 349 g/mol. The summed E-state index contributed by atoms with van der Waals surface area (Å²) in [4.78, 5) is 12.3. The minimum absolute atomic E-state index is 0.125. The van der Waals surface area contributed by atoms with E-state index in [-0.39, 0.29) is 23.8 Å². The van der Waals surface area contributed by atoms with Gasteiger partial charge < -0.3 is 25.0 Å². The quantitative estimate of drug-likeness (QED) is 0.711. The fraction of sp³-hybridized carbons (Fsp3) is 0.278. The molecule has 7 heteroatoms. The molecule has 0 spiro atoms. The van der Waals surface area contributed by atoms with Crippen molar-refractivity contribution in [2.75, 3.05) is 20.8 Å². The van der Waals surface area contributed by atoms with Crippen molar-refractivity contribution in [3.05, 3.63) is 53.3 Å². The van der Waals surface area contributed by atoms with Crippen molar-refractivity contribution in [2.45, 2.75) is 12.5 Å². The number of methoxy groups -OCH3 is 2. The molecule has 0 saturated carbocycles. The van der Waals surface area contributed by atoms with Gasteiger partial charge in [-0.05, 0) is 35.4 Å². The number of ether oxygens (including phenoxy) is 2. The molecule has 25 heavy (non-hydrogen) atoms. The van der Waals surface area contributed by atoms with Crippen molar-refractivity contribution in [3.63, 3.8) is 0 Å². The molecule has 0 saturated heterocycles. The molecule has 6 nitrogen and oxygen atoms in total. The van der Waals surface area contributed by atoms with Crippen LogP contribution in [0.25, 0.3) is 0 Å². The second kappa shape index (κ2) is 8.34. The van der Waals surface area contributed by atoms with E-state index in [1.807, 2.05) is 0 Å². The van der Waals surface area contributed by atoms with Gasteiger partial charge in [-0.1, -0.05) is 12.1 Å². The summed E-state index contributed by atoms with van der Waals surface area (Å²) in [7, 11) is 2.82. The van der Waals surface area contributed by atoms with Crippen molar-refractivity contribution in [1.29, 1.82) is 0 Å². The molecule has 0 fully saturated rings. The topological polar surface area (TPSA) is 88.0 Å². The Hall–Kier alpha value is -2.80. The maximum atomic E-state index is 13.0. The Morgan fingerprint density at radius 1 is 1.16 bits per heavy atom. The minimum Gasteiger partial charge on any atom is -0.502 e. The highest BCUT2D eigenvalue weighted by Crippen LogP contribution is 2.37. The third-order valence-corrected chi connectivity index (χ3v) is 3.78.